The summed E-state index contributed by atoms with van der Waals surface area (Å²) in [6.45, 7) is 3.90. The SMILES string of the molecule is O=C(NCCCCOc1ccc(F)cc1)N1CCN(c2ncccn2)CC1. The minimum atomic E-state index is -0.276. The summed E-state index contributed by atoms with van der Waals surface area (Å²) in [5.41, 5.74) is 0. The standard InChI is InChI=1S/C19H24FN5O2/c20-16-4-6-17(7-5-16)27-15-2-1-8-23-19(26)25-13-11-24(12-14-25)18-21-9-3-10-22-18/h3-7,9-10H,1-2,8,11-15H2,(H,23,26). The van der Waals surface area contributed by atoms with E-state index in [1.54, 1.807) is 30.6 Å². The fraction of sp³-hybridized carbons (Fsp3) is 0.421. The van der Waals surface area contributed by atoms with Gasteiger partial charge in [0, 0.05) is 45.1 Å². The highest BCUT2D eigenvalue weighted by atomic mass is 19.1. The first-order chi connectivity index (χ1) is 13.2. The van der Waals surface area contributed by atoms with Gasteiger partial charge in [0.2, 0.25) is 5.95 Å². The number of carbonyl (C=O) groups is 1. The van der Waals surface area contributed by atoms with Gasteiger partial charge >= 0.3 is 6.03 Å². The molecule has 1 aliphatic rings. The minimum absolute atomic E-state index is 0.0388. The van der Waals surface area contributed by atoms with Gasteiger partial charge in [-0.2, -0.15) is 0 Å². The van der Waals surface area contributed by atoms with Gasteiger partial charge in [-0.3, -0.25) is 0 Å². The quantitative estimate of drug-likeness (QED) is 0.754. The molecule has 1 N–H and O–H groups in total. The number of urea groups is 1. The first-order valence-corrected chi connectivity index (χ1v) is 9.15. The van der Waals surface area contributed by atoms with Gasteiger partial charge in [-0.1, -0.05) is 0 Å². The molecule has 0 saturated carbocycles. The number of halogens is 1. The summed E-state index contributed by atoms with van der Waals surface area (Å²) in [5.74, 6) is 1.08. The van der Waals surface area contributed by atoms with Crippen molar-refractivity contribution >= 4 is 12.0 Å². The molecular weight excluding hydrogens is 349 g/mol. The van der Waals surface area contributed by atoms with Crippen LogP contribution in [0.1, 0.15) is 12.8 Å². The van der Waals surface area contributed by atoms with Gasteiger partial charge in [0.15, 0.2) is 0 Å². The van der Waals surface area contributed by atoms with Crippen LogP contribution in [0.2, 0.25) is 0 Å². The summed E-state index contributed by atoms with van der Waals surface area (Å²) in [6.07, 6.45) is 5.09. The molecule has 0 atom stereocenters. The molecule has 2 amide bonds. The summed E-state index contributed by atoms with van der Waals surface area (Å²) in [5, 5.41) is 2.95. The summed E-state index contributed by atoms with van der Waals surface area (Å²) in [7, 11) is 0. The highest BCUT2D eigenvalue weighted by molar-refractivity contribution is 5.74. The van der Waals surface area contributed by atoms with Crippen molar-refractivity contribution in [1.29, 1.82) is 0 Å². The van der Waals surface area contributed by atoms with Crippen LogP contribution >= 0.6 is 0 Å². The summed E-state index contributed by atoms with van der Waals surface area (Å²) in [4.78, 5) is 24.6. The van der Waals surface area contributed by atoms with Crippen LogP contribution < -0.4 is 15.0 Å². The van der Waals surface area contributed by atoms with Crippen molar-refractivity contribution in [3.8, 4) is 5.75 Å². The third-order valence-corrected chi connectivity index (χ3v) is 4.33. The van der Waals surface area contributed by atoms with E-state index in [4.69, 9.17) is 4.74 Å². The van der Waals surface area contributed by atoms with Crippen molar-refractivity contribution in [3.05, 3.63) is 48.5 Å². The zero-order valence-electron chi connectivity index (χ0n) is 15.2. The van der Waals surface area contributed by atoms with Crippen LogP contribution in [0.5, 0.6) is 5.75 Å². The van der Waals surface area contributed by atoms with Crippen LogP contribution in [0, 0.1) is 5.82 Å². The molecule has 1 aromatic carbocycles. The number of rotatable bonds is 7. The molecule has 7 nitrogen and oxygen atoms in total. The molecule has 8 heteroatoms. The van der Waals surface area contributed by atoms with Crippen molar-refractivity contribution in [1.82, 2.24) is 20.2 Å². The van der Waals surface area contributed by atoms with Crippen LogP contribution in [-0.2, 0) is 0 Å². The summed E-state index contributed by atoms with van der Waals surface area (Å²) >= 11 is 0. The van der Waals surface area contributed by atoms with Crippen LogP contribution in [0.15, 0.2) is 42.7 Å². The third-order valence-electron chi connectivity index (χ3n) is 4.33. The van der Waals surface area contributed by atoms with Crippen molar-refractivity contribution in [2.45, 2.75) is 12.8 Å². The Morgan fingerprint density at radius 1 is 1.07 bits per heavy atom. The van der Waals surface area contributed by atoms with E-state index in [0.717, 1.165) is 25.9 Å². The third kappa shape index (κ3) is 5.80. The molecule has 1 fully saturated rings. The maximum atomic E-state index is 12.8. The van der Waals surface area contributed by atoms with E-state index in [1.807, 2.05) is 4.90 Å². The van der Waals surface area contributed by atoms with Gasteiger partial charge in [-0.05, 0) is 43.2 Å². The number of anilines is 1. The van der Waals surface area contributed by atoms with Gasteiger partial charge in [0.1, 0.15) is 11.6 Å². The monoisotopic (exact) mass is 373 g/mol. The predicted molar refractivity (Wildman–Crippen MR) is 100 cm³/mol. The fourth-order valence-electron chi connectivity index (χ4n) is 2.82. The molecule has 1 saturated heterocycles. The lowest BCUT2D eigenvalue weighted by atomic mass is 10.3. The smallest absolute Gasteiger partial charge is 0.317 e. The van der Waals surface area contributed by atoms with Crippen LogP contribution in [0.4, 0.5) is 15.1 Å². The van der Waals surface area contributed by atoms with Crippen molar-refractivity contribution in [2.75, 3.05) is 44.2 Å². The molecule has 2 aromatic rings. The van der Waals surface area contributed by atoms with Crippen molar-refractivity contribution < 1.29 is 13.9 Å². The summed E-state index contributed by atoms with van der Waals surface area (Å²) in [6, 6.07) is 7.72. The number of benzene rings is 1. The molecule has 144 valence electrons. The number of piperazine rings is 1. The highest BCUT2D eigenvalue weighted by Gasteiger charge is 2.21. The Morgan fingerprint density at radius 3 is 2.48 bits per heavy atom. The number of ether oxygens (including phenoxy) is 1. The van der Waals surface area contributed by atoms with Crippen LogP contribution in [-0.4, -0.2) is 60.2 Å². The Labute approximate surface area is 158 Å². The van der Waals surface area contributed by atoms with E-state index in [9.17, 15) is 9.18 Å². The molecule has 3 rings (SSSR count). The number of amides is 2. The lowest BCUT2D eigenvalue weighted by Crippen LogP contribution is -2.52. The lowest BCUT2D eigenvalue weighted by molar-refractivity contribution is 0.193. The molecule has 0 aliphatic carbocycles. The first kappa shape index (κ1) is 18.9. The maximum absolute atomic E-state index is 12.8. The maximum Gasteiger partial charge on any atom is 0.317 e. The number of hydrogen-bond donors (Lipinski definition) is 1. The van der Waals surface area contributed by atoms with Crippen molar-refractivity contribution in [2.24, 2.45) is 0 Å². The Kier molecular flexibility index (Phi) is 6.78. The highest BCUT2D eigenvalue weighted by Crippen LogP contribution is 2.12. The molecular formula is C19H24FN5O2. The van der Waals surface area contributed by atoms with Gasteiger partial charge in [-0.15, -0.1) is 0 Å². The largest absolute Gasteiger partial charge is 0.494 e. The molecule has 0 radical (unpaired) electrons. The normalized spacial score (nSPS) is 14.1. The van der Waals surface area contributed by atoms with E-state index in [0.29, 0.717) is 37.9 Å². The Morgan fingerprint density at radius 2 is 1.78 bits per heavy atom. The lowest BCUT2D eigenvalue weighted by Gasteiger charge is -2.34. The number of carbonyl (C=O) groups excluding carboxylic acids is 1. The second-order valence-electron chi connectivity index (χ2n) is 6.26. The van der Waals surface area contributed by atoms with Gasteiger partial charge in [-0.25, -0.2) is 19.2 Å². The molecule has 0 spiro atoms. The number of unbranched alkanes of at least 4 members (excludes halogenated alkanes) is 1. The topological polar surface area (TPSA) is 70.6 Å². The molecule has 1 aliphatic heterocycles. The van der Waals surface area contributed by atoms with Gasteiger partial charge in [0.05, 0.1) is 6.61 Å². The van der Waals surface area contributed by atoms with E-state index in [2.05, 4.69) is 20.2 Å². The van der Waals surface area contributed by atoms with Crippen molar-refractivity contribution in [3.63, 3.8) is 0 Å². The van der Waals surface area contributed by atoms with Gasteiger partial charge in [0.25, 0.3) is 0 Å². The Bertz CT molecular complexity index is 706. The first-order valence-electron chi connectivity index (χ1n) is 9.15. The Hall–Kier alpha value is -2.90. The number of hydrogen-bond acceptors (Lipinski definition) is 5. The van der Waals surface area contributed by atoms with E-state index < -0.39 is 0 Å². The zero-order valence-corrected chi connectivity index (χ0v) is 15.2. The fourth-order valence-corrected chi connectivity index (χ4v) is 2.82. The predicted octanol–water partition coefficient (Wildman–Crippen LogP) is 2.31. The second-order valence-corrected chi connectivity index (χ2v) is 6.26. The van der Waals surface area contributed by atoms with Crippen LogP contribution in [0.25, 0.3) is 0 Å². The Balaban J connectivity index is 1.27. The second kappa shape index (κ2) is 9.70. The average molecular weight is 373 g/mol. The van der Waals surface area contributed by atoms with E-state index in [-0.39, 0.29) is 11.8 Å². The number of nitrogens with zero attached hydrogens (tertiary/aromatic N) is 4. The van der Waals surface area contributed by atoms with E-state index in [1.165, 1.54) is 12.1 Å². The molecule has 2 heterocycles. The average Bonchev–Trinajstić information content (AvgIpc) is 2.72. The number of aromatic nitrogens is 2. The zero-order chi connectivity index (χ0) is 18.9. The molecule has 27 heavy (non-hydrogen) atoms. The number of nitrogens with one attached hydrogen (secondary N) is 1. The molecule has 0 bridgehead atoms. The van der Waals surface area contributed by atoms with E-state index >= 15 is 0 Å². The molecule has 1 aromatic heterocycles. The van der Waals surface area contributed by atoms with Gasteiger partial charge < -0.3 is 19.9 Å². The van der Waals surface area contributed by atoms with Crippen LogP contribution in [0.3, 0.4) is 0 Å². The molecule has 0 unspecified atom stereocenters. The minimum Gasteiger partial charge on any atom is -0.494 e. The summed E-state index contributed by atoms with van der Waals surface area (Å²) < 4.78 is 18.3.